The Hall–Kier alpha value is -2.35. The highest BCUT2D eigenvalue weighted by atomic mass is 16.5. The van der Waals surface area contributed by atoms with E-state index in [1.165, 1.54) is 24.0 Å². The molecule has 1 saturated heterocycles. The molecule has 136 valence electrons. The van der Waals surface area contributed by atoms with Crippen LogP contribution in [0.1, 0.15) is 29.5 Å². The molecule has 1 aliphatic rings. The first-order valence-corrected chi connectivity index (χ1v) is 9.32. The number of rotatable bonds is 7. The van der Waals surface area contributed by atoms with Crippen molar-refractivity contribution >= 4 is 0 Å². The number of methoxy groups -OCH3 is 1. The Balaban J connectivity index is 1.36. The molecule has 1 fully saturated rings. The van der Waals surface area contributed by atoms with Gasteiger partial charge in [-0.3, -0.25) is 4.90 Å². The van der Waals surface area contributed by atoms with E-state index in [4.69, 9.17) is 10.00 Å². The molecule has 0 spiro atoms. The molecule has 0 saturated carbocycles. The summed E-state index contributed by atoms with van der Waals surface area (Å²) in [6.45, 7) is 5.29. The summed E-state index contributed by atoms with van der Waals surface area (Å²) < 4.78 is 5.22. The fourth-order valence-corrected chi connectivity index (χ4v) is 3.46. The van der Waals surface area contributed by atoms with Crippen molar-refractivity contribution in [3.05, 3.63) is 65.2 Å². The highest BCUT2D eigenvalue weighted by Crippen LogP contribution is 2.20. The Bertz CT molecular complexity index is 711. The van der Waals surface area contributed by atoms with Crippen molar-refractivity contribution < 1.29 is 4.74 Å². The Kier molecular flexibility index (Phi) is 6.65. The van der Waals surface area contributed by atoms with Crippen LogP contribution in [0.3, 0.4) is 0 Å². The highest BCUT2D eigenvalue weighted by Gasteiger charge is 2.18. The van der Waals surface area contributed by atoms with Crippen molar-refractivity contribution in [1.82, 2.24) is 10.2 Å². The average Bonchev–Trinajstić information content (AvgIpc) is 2.70. The first kappa shape index (κ1) is 18.4. The molecule has 3 rings (SSSR count). The number of benzene rings is 2. The smallest absolute Gasteiger partial charge is 0.118 e. The van der Waals surface area contributed by atoms with Crippen LogP contribution in [0, 0.1) is 17.2 Å². The first-order valence-electron chi connectivity index (χ1n) is 9.32. The van der Waals surface area contributed by atoms with Crippen molar-refractivity contribution in [2.45, 2.75) is 25.9 Å². The standard InChI is InChI=1S/C22H27N3O/c1-26-22-8-6-21(7-9-22)17-25-12-10-20(11-13-25)16-24-15-19-4-2-18(14-23)3-5-19/h2-9,20,24H,10-13,15-17H2,1H3. The molecule has 2 aromatic rings. The van der Waals surface area contributed by atoms with E-state index in [0.717, 1.165) is 50.0 Å². The lowest BCUT2D eigenvalue weighted by Crippen LogP contribution is -2.36. The molecule has 0 unspecified atom stereocenters. The van der Waals surface area contributed by atoms with Crippen molar-refractivity contribution in [1.29, 1.82) is 5.26 Å². The number of hydrogen-bond acceptors (Lipinski definition) is 4. The number of nitrogens with zero attached hydrogens (tertiary/aromatic N) is 2. The SMILES string of the molecule is COc1ccc(CN2CCC(CNCc3ccc(C#N)cc3)CC2)cc1. The van der Waals surface area contributed by atoms with Gasteiger partial charge in [-0.25, -0.2) is 0 Å². The molecule has 2 aromatic carbocycles. The number of nitrogens with one attached hydrogen (secondary N) is 1. The minimum atomic E-state index is 0.720. The predicted octanol–water partition coefficient (Wildman–Crippen LogP) is 3.57. The van der Waals surface area contributed by atoms with Gasteiger partial charge < -0.3 is 10.1 Å². The Morgan fingerprint density at radius 3 is 2.31 bits per heavy atom. The number of ether oxygens (including phenoxy) is 1. The third-order valence-corrected chi connectivity index (χ3v) is 5.12. The molecule has 4 heteroatoms. The maximum absolute atomic E-state index is 8.84. The number of nitriles is 1. The van der Waals surface area contributed by atoms with Gasteiger partial charge in [0.25, 0.3) is 0 Å². The van der Waals surface area contributed by atoms with Gasteiger partial charge in [0.15, 0.2) is 0 Å². The largest absolute Gasteiger partial charge is 0.497 e. The van der Waals surface area contributed by atoms with Crippen LogP contribution in [0.5, 0.6) is 5.75 Å². The zero-order valence-corrected chi connectivity index (χ0v) is 15.4. The first-order chi connectivity index (χ1) is 12.8. The summed E-state index contributed by atoms with van der Waals surface area (Å²) in [4.78, 5) is 2.54. The van der Waals surface area contributed by atoms with E-state index in [1.54, 1.807) is 7.11 Å². The van der Waals surface area contributed by atoms with Gasteiger partial charge in [0, 0.05) is 13.1 Å². The van der Waals surface area contributed by atoms with Crippen LogP contribution in [0.2, 0.25) is 0 Å². The summed E-state index contributed by atoms with van der Waals surface area (Å²) in [7, 11) is 1.70. The minimum absolute atomic E-state index is 0.720. The minimum Gasteiger partial charge on any atom is -0.497 e. The lowest BCUT2D eigenvalue weighted by Gasteiger charge is -2.32. The second kappa shape index (κ2) is 9.38. The zero-order valence-electron chi connectivity index (χ0n) is 15.4. The van der Waals surface area contributed by atoms with Crippen molar-refractivity contribution in [3.63, 3.8) is 0 Å². The van der Waals surface area contributed by atoms with Crippen molar-refractivity contribution in [2.24, 2.45) is 5.92 Å². The molecule has 0 bridgehead atoms. The Morgan fingerprint density at radius 1 is 1.04 bits per heavy atom. The summed E-state index contributed by atoms with van der Waals surface area (Å²) in [5, 5.41) is 12.4. The summed E-state index contributed by atoms with van der Waals surface area (Å²) in [5.41, 5.74) is 3.31. The monoisotopic (exact) mass is 349 g/mol. The highest BCUT2D eigenvalue weighted by molar-refractivity contribution is 5.31. The van der Waals surface area contributed by atoms with E-state index in [1.807, 2.05) is 36.4 Å². The number of piperidine rings is 1. The molecule has 26 heavy (non-hydrogen) atoms. The van der Waals surface area contributed by atoms with Crippen LogP contribution < -0.4 is 10.1 Å². The number of likely N-dealkylation sites (tertiary alicyclic amines) is 1. The topological polar surface area (TPSA) is 48.3 Å². The van der Waals surface area contributed by atoms with Crippen LogP contribution in [-0.2, 0) is 13.1 Å². The maximum Gasteiger partial charge on any atom is 0.118 e. The summed E-state index contributed by atoms with van der Waals surface area (Å²) in [6.07, 6.45) is 2.49. The molecule has 0 radical (unpaired) electrons. The second-order valence-corrected chi connectivity index (χ2v) is 7.01. The molecule has 0 atom stereocenters. The second-order valence-electron chi connectivity index (χ2n) is 7.01. The van der Waals surface area contributed by atoms with Gasteiger partial charge in [-0.2, -0.15) is 5.26 Å². The Labute approximate surface area is 156 Å². The molecule has 1 heterocycles. The summed E-state index contributed by atoms with van der Waals surface area (Å²) >= 11 is 0. The fraction of sp³-hybridized carbons (Fsp3) is 0.409. The normalized spacial score (nSPS) is 15.5. The van der Waals surface area contributed by atoms with E-state index in [9.17, 15) is 0 Å². The van der Waals surface area contributed by atoms with E-state index in [-0.39, 0.29) is 0 Å². The molecule has 0 aliphatic carbocycles. The molecule has 4 nitrogen and oxygen atoms in total. The predicted molar refractivity (Wildman–Crippen MR) is 104 cm³/mol. The van der Waals surface area contributed by atoms with E-state index in [0.29, 0.717) is 0 Å². The van der Waals surface area contributed by atoms with E-state index < -0.39 is 0 Å². The quantitative estimate of drug-likeness (QED) is 0.830. The summed E-state index contributed by atoms with van der Waals surface area (Å²) in [5.74, 6) is 1.67. The van der Waals surface area contributed by atoms with Crippen LogP contribution in [0.15, 0.2) is 48.5 Å². The number of hydrogen-bond donors (Lipinski definition) is 1. The third-order valence-electron chi connectivity index (χ3n) is 5.12. The van der Waals surface area contributed by atoms with Gasteiger partial charge >= 0.3 is 0 Å². The molecular formula is C22H27N3O. The van der Waals surface area contributed by atoms with Crippen LogP contribution in [0.4, 0.5) is 0 Å². The maximum atomic E-state index is 8.84. The van der Waals surface area contributed by atoms with Gasteiger partial charge in [0.2, 0.25) is 0 Å². The zero-order chi connectivity index (χ0) is 18.2. The average molecular weight is 349 g/mol. The molecular weight excluding hydrogens is 322 g/mol. The lowest BCUT2D eigenvalue weighted by atomic mass is 9.96. The van der Waals surface area contributed by atoms with Gasteiger partial charge in [-0.05, 0) is 73.8 Å². The van der Waals surface area contributed by atoms with Gasteiger partial charge in [-0.1, -0.05) is 24.3 Å². The van der Waals surface area contributed by atoms with Crippen LogP contribution >= 0.6 is 0 Å². The molecule has 1 aliphatic heterocycles. The molecule has 0 amide bonds. The Morgan fingerprint density at radius 2 is 1.69 bits per heavy atom. The van der Waals surface area contributed by atoms with Crippen LogP contribution in [-0.4, -0.2) is 31.6 Å². The van der Waals surface area contributed by atoms with E-state index in [2.05, 4.69) is 28.4 Å². The summed E-state index contributed by atoms with van der Waals surface area (Å²) in [6, 6.07) is 18.4. The van der Waals surface area contributed by atoms with Gasteiger partial charge in [0.05, 0.1) is 18.7 Å². The fourth-order valence-electron chi connectivity index (χ4n) is 3.46. The molecule has 0 aromatic heterocycles. The van der Waals surface area contributed by atoms with Gasteiger partial charge in [-0.15, -0.1) is 0 Å². The van der Waals surface area contributed by atoms with Crippen molar-refractivity contribution in [2.75, 3.05) is 26.7 Å². The van der Waals surface area contributed by atoms with Crippen molar-refractivity contribution in [3.8, 4) is 11.8 Å². The third kappa shape index (κ3) is 5.32. The van der Waals surface area contributed by atoms with Crippen LogP contribution in [0.25, 0.3) is 0 Å². The lowest BCUT2D eigenvalue weighted by molar-refractivity contribution is 0.175. The van der Waals surface area contributed by atoms with Gasteiger partial charge in [0.1, 0.15) is 5.75 Å². The molecule has 1 N–H and O–H groups in total. The van der Waals surface area contributed by atoms with E-state index >= 15 is 0 Å².